The number of fused-ring (bicyclic) bond motifs is 1. The fourth-order valence-electron chi connectivity index (χ4n) is 3.87. The van der Waals surface area contributed by atoms with E-state index in [9.17, 15) is 9.18 Å². The zero-order chi connectivity index (χ0) is 19.0. The summed E-state index contributed by atoms with van der Waals surface area (Å²) >= 11 is 0. The van der Waals surface area contributed by atoms with Crippen molar-refractivity contribution in [2.24, 2.45) is 5.73 Å². The van der Waals surface area contributed by atoms with Crippen molar-refractivity contribution >= 4 is 16.8 Å². The molecule has 5 heteroatoms. The predicted molar refractivity (Wildman–Crippen MR) is 105 cm³/mol. The largest absolute Gasteiger partial charge is 0.368 e. The molecule has 0 bridgehead atoms. The van der Waals surface area contributed by atoms with Gasteiger partial charge in [-0.25, -0.2) is 9.37 Å². The summed E-state index contributed by atoms with van der Waals surface area (Å²) in [6.07, 6.45) is 1.75. The third kappa shape index (κ3) is 3.55. The molecule has 4 rings (SSSR count). The SMILES string of the molecule is Cc1ccc2nc(-c3ccc(F)cc3)c(CN3CCCC3C(N)=O)cc2c1. The van der Waals surface area contributed by atoms with Gasteiger partial charge in [0.25, 0.3) is 0 Å². The van der Waals surface area contributed by atoms with E-state index in [-0.39, 0.29) is 17.8 Å². The Labute approximate surface area is 157 Å². The molecule has 27 heavy (non-hydrogen) atoms. The Kier molecular flexibility index (Phi) is 4.62. The Balaban J connectivity index is 1.81. The molecule has 0 spiro atoms. The summed E-state index contributed by atoms with van der Waals surface area (Å²) in [6, 6.07) is 14.4. The normalized spacial score (nSPS) is 17.5. The van der Waals surface area contributed by atoms with Crippen LogP contribution in [0.1, 0.15) is 24.0 Å². The number of benzene rings is 2. The van der Waals surface area contributed by atoms with Gasteiger partial charge in [-0.1, -0.05) is 11.6 Å². The van der Waals surface area contributed by atoms with Crippen LogP contribution in [0.25, 0.3) is 22.2 Å². The maximum Gasteiger partial charge on any atom is 0.234 e. The lowest BCUT2D eigenvalue weighted by atomic mass is 10.0. The summed E-state index contributed by atoms with van der Waals surface area (Å²) in [7, 11) is 0. The van der Waals surface area contributed by atoms with Gasteiger partial charge < -0.3 is 5.73 Å². The molecule has 3 aromatic rings. The number of primary amides is 1. The number of hydrogen-bond donors (Lipinski definition) is 1. The minimum atomic E-state index is -0.277. The molecule has 1 aromatic heterocycles. The first-order chi connectivity index (χ1) is 13.0. The average Bonchev–Trinajstić information content (AvgIpc) is 3.10. The van der Waals surface area contributed by atoms with Crippen molar-refractivity contribution in [3.63, 3.8) is 0 Å². The van der Waals surface area contributed by atoms with Gasteiger partial charge in [0, 0.05) is 17.5 Å². The molecule has 1 atom stereocenters. The Morgan fingerprint density at radius 3 is 2.74 bits per heavy atom. The van der Waals surface area contributed by atoms with Gasteiger partial charge >= 0.3 is 0 Å². The van der Waals surface area contributed by atoms with Gasteiger partial charge in [-0.15, -0.1) is 0 Å². The van der Waals surface area contributed by atoms with Gasteiger partial charge in [0.1, 0.15) is 5.82 Å². The first-order valence-corrected chi connectivity index (χ1v) is 9.21. The quantitative estimate of drug-likeness (QED) is 0.767. The van der Waals surface area contributed by atoms with Crippen molar-refractivity contribution in [2.75, 3.05) is 6.54 Å². The molecule has 1 aliphatic rings. The number of hydrogen-bond acceptors (Lipinski definition) is 3. The topological polar surface area (TPSA) is 59.2 Å². The monoisotopic (exact) mass is 363 g/mol. The van der Waals surface area contributed by atoms with E-state index >= 15 is 0 Å². The molecule has 4 nitrogen and oxygen atoms in total. The Hall–Kier alpha value is -2.79. The zero-order valence-corrected chi connectivity index (χ0v) is 15.3. The van der Waals surface area contributed by atoms with Crippen molar-refractivity contribution in [2.45, 2.75) is 32.4 Å². The van der Waals surface area contributed by atoms with Crippen LogP contribution in [0, 0.1) is 12.7 Å². The standard InChI is InChI=1S/C22H22FN3O/c1-14-4-9-19-16(11-14)12-17(13-26-10-2-3-20(26)22(24)27)21(25-19)15-5-7-18(23)8-6-15/h4-9,11-12,20H,2-3,10,13H2,1H3,(H2,24,27). The summed E-state index contributed by atoms with van der Waals surface area (Å²) in [5.41, 5.74) is 10.4. The smallest absolute Gasteiger partial charge is 0.234 e. The number of carbonyl (C=O) groups is 1. The molecule has 0 saturated carbocycles. The average molecular weight is 363 g/mol. The highest BCUT2D eigenvalue weighted by Crippen LogP contribution is 2.29. The van der Waals surface area contributed by atoms with E-state index in [1.807, 2.05) is 12.1 Å². The number of aromatic nitrogens is 1. The number of aryl methyl sites for hydroxylation is 1. The molecule has 1 aliphatic heterocycles. The van der Waals surface area contributed by atoms with Crippen LogP contribution >= 0.6 is 0 Å². The van der Waals surface area contributed by atoms with E-state index in [0.29, 0.717) is 6.54 Å². The molecular formula is C22H22FN3O. The summed E-state index contributed by atoms with van der Waals surface area (Å²) in [4.78, 5) is 18.8. The van der Waals surface area contributed by atoms with E-state index in [4.69, 9.17) is 10.7 Å². The van der Waals surface area contributed by atoms with Crippen LogP contribution < -0.4 is 5.73 Å². The third-order valence-electron chi connectivity index (χ3n) is 5.23. The van der Waals surface area contributed by atoms with Crippen LogP contribution in [0.4, 0.5) is 4.39 Å². The summed E-state index contributed by atoms with van der Waals surface area (Å²) in [5, 5.41) is 1.06. The number of carbonyl (C=O) groups excluding carboxylic acids is 1. The molecule has 1 unspecified atom stereocenters. The fourth-order valence-corrected chi connectivity index (χ4v) is 3.87. The van der Waals surface area contributed by atoms with E-state index < -0.39 is 0 Å². The third-order valence-corrected chi connectivity index (χ3v) is 5.23. The maximum absolute atomic E-state index is 13.4. The van der Waals surface area contributed by atoms with Gasteiger partial charge in [0.2, 0.25) is 5.91 Å². The van der Waals surface area contributed by atoms with E-state index in [1.165, 1.54) is 17.7 Å². The minimum Gasteiger partial charge on any atom is -0.368 e. The minimum absolute atomic E-state index is 0.237. The molecule has 1 saturated heterocycles. The number of nitrogens with zero attached hydrogens (tertiary/aromatic N) is 2. The second-order valence-corrected chi connectivity index (χ2v) is 7.23. The van der Waals surface area contributed by atoms with Gasteiger partial charge in [0.05, 0.1) is 17.3 Å². The van der Waals surface area contributed by atoms with E-state index in [0.717, 1.165) is 47.1 Å². The van der Waals surface area contributed by atoms with Crippen molar-refractivity contribution in [3.8, 4) is 11.3 Å². The van der Waals surface area contributed by atoms with Crippen molar-refractivity contribution in [1.82, 2.24) is 9.88 Å². The molecule has 2 N–H and O–H groups in total. The highest BCUT2D eigenvalue weighted by Gasteiger charge is 2.29. The van der Waals surface area contributed by atoms with Crippen LogP contribution in [0.15, 0.2) is 48.5 Å². The molecule has 1 fully saturated rings. The lowest BCUT2D eigenvalue weighted by molar-refractivity contribution is -0.122. The number of pyridine rings is 1. The van der Waals surface area contributed by atoms with Crippen LogP contribution in [-0.4, -0.2) is 28.4 Å². The van der Waals surface area contributed by atoms with E-state index in [2.05, 4.69) is 24.0 Å². The van der Waals surface area contributed by atoms with Gasteiger partial charge in [-0.3, -0.25) is 9.69 Å². The van der Waals surface area contributed by atoms with Crippen LogP contribution in [0.5, 0.6) is 0 Å². The number of rotatable bonds is 4. The highest BCUT2D eigenvalue weighted by molar-refractivity contribution is 5.84. The summed E-state index contributed by atoms with van der Waals surface area (Å²) in [6.45, 7) is 3.48. The number of amides is 1. The molecule has 0 aliphatic carbocycles. The number of nitrogens with two attached hydrogens (primary N) is 1. The first-order valence-electron chi connectivity index (χ1n) is 9.21. The van der Waals surface area contributed by atoms with Crippen LogP contribution in [0.2, 0.25) is 0 Å². The molecular weight excluding hydrogens is 341 g/mol. The second kappa shape index (κ2) is 7.08. The molecule has 1 amide bonds. The molecule has 138 valence electrons. The summed E-state index contributed by atoms with van der Waals surface area (Å²) in [5.74, 6) is -0.550. The molecule has 0 radical (unpaired) electrons. The van der Waals surface area contributed by atoms with E-state index in [1.54, 1.807) is 12.1 Å². The Morgan fingerprint density at radius 2 is 2.00 bits per heavy atom. The van der Waals surface area contributed by atoms with Crippen molar-refractivity contribution in [1.29, 1.82) is 0 Å². The first kappa shape index (κ1) is 17.6. The second-order valence-electron chi connectivity index (χ2n) is 7.23. The zero-order valence-electron chi connectivity index (χ0n) is 15.3. The predicted octanol–water partition coefficient (Wildman–Crippen LogP) is 3.80. The molecule has 2 heterocycles. The van der Waals surface area contributed by atoms with Gasteiger partial charge in [-0.2, -0.15) is 0 Å². The maximum atomic E-state index is 13.4. The number of likely N-dealkylation sites (tertiary alicyclic amines) is 1. The van der Waals surface area contributed by atoms with Crippen LogP contribution in [-0.2, 0) is 11.3 Å². The Morgan fingerprint density at radius 1 is 1.22 bits per heavy atom. The lowest BCUT2D eigenvalue weighted by Gasteiger charge is -2.23. The highest BCUT2D eigenvalue weighted by atomic mass is 19.1. The van der Waals surface area contributed by atoms with Crippen molar-refractivity contribution < 1.29 is 9.18 Å². The Bertz CT molecular complexity index is 1000. The lowest BCUT2D eigenvalue weighted by Crippen LogP contribution is -2.39. The number of halogens is 1. The summed E-state index contributed by atoms with van der Waals surface area (Å²) < 4.78 is 13.4. The van der Waals surface area contributed by atoms with Crippen molar-refractivity contribution in [3.05, 3.63) is 65.5 Å². The fraction of sp³-hybridized carbons (Fsp3) is 0.273. The van der Waals surface area contributed by atoms with Gasteiger partial charge in [-0.05, 0) is 74.3 Å². The molecule has 2 aromatic carbocycles. The van der Waals surface area contributed by atoms with Crippen LogP contribution in [0.3, 0.4) is 0 Å². The van der Waals surface area contributed by atoms with Gasteiger partial charge in [0.15, 0.2) is 0 Å².